The normalized spacial score (nSPS) is 25.1. The van der Waals surface area contributed by atoms with Gasteiger partial charge in [0.2, 0.25) is 5.91 Å². The third-order valence-corrected chi connectivity index (χ3v) is 1.44. The molecule has 1 heterocycles. The largest absolute Gasteiger partial charge is 0.322 e. The smallest absolute Gasteiger partial charge is 0.228 e. The van der Waals surface area contributed by atoms with Gasteiger partial charge in [0.15, 0.2) is 0 Å². The second-order valence-electron chi connectivity index (χ2n) is 2.22. The van der Waals surface area contributed by atoms with E-state index in [-0.39, 0.29) is 12.3 Å². The van der Waals surface area contributed by atoms with Gasteiger partial charge in [-0.2, -0.15) is 4.91 Å². The van der Waals surface area contributed by atoms with E-state index < -0.39 is 6.04 Å². The second-order valence-corrected chi connectivity index (χ2v) is 2.22. The number of carbonyl (C=O) groups excluding carboxylic acids is 1. The molecule has 1 atom stereocenters. The van der Waals surface area contributed by atoms with E-state index in [9.17, 15) is 9.70 Å². The molecular formula is C6H8N2O2. The molecule has 1 aliphatic rings. The van der Waals surface area contributed by atoms with Crippen molar-refractivity contribution in [3.05, 3.63) is 17.2 Å². The summed E-state index contributed by atoms with van der Waals surface area (Å²) in [7, 11) is 1.65. The number of rotatable bonds is 1. The minimum Gasteiger partial charge on any atom is -0.322 e. The van der Waals surface area contributed by atoms with Crippen molar-refractivity contribution < 1.29 is 4.79 Å². The molecule has 0 aromatic rings. The van der Waals surface area contributed by atoms with Gasteiger partial charge in [0, 0.05) is 13.2 Å². The first-order valence-electron chi connectivity index (χ1n) is 3.00. The molecule has 0 radical (unpaired) electrons. The van der Waals surface area contributed by atoms with Crippen molar-refractivity contribution in [2.45, 2.75) is 12.5 Å². The first kappa shape index (κ1) is 6.92. The Balaban J connectivity index is 2.68. The molecule has 1 aliphatic heterocycles. The third-order valence-electron chi connectivity index (χ3n) is 1.44. The van der Waals surface area contributed by atoms with Crippen molar-refractivity contribution >= 4 is 5.91 Å². The van der Waals surface area contributed by atoms with E-state index in [0.717, 1.165) is 0 Å². The molecule has 0 bridgehead atoms. The van der Waals surface area contributed by atoms with Gasteiger partial charge in [-0.25, -0.2) is 0 Å². The molecule has 0 spiro atoms. The van der Waals surface area contributed by atoms with Gasteiger partial charge in [-0.05, 0) is 6.08 Å². The van der Waals surface area contributed by atoms with Gasteiger partial charge in [0.1, 0.15) is 6.04 Å². The number of hydrogen-bond acceptors (Lipinski definition) is 3. The Labute approximate surface area is 58.5 Å². The molecule has 1 amide bonds. The van der Waals surface area contributed by atoms with Crippen LogP contribution in [0.5, 0.6) is 0 Å². The Morgan fingerprint density at radius 2 is 2.50 bits per heavy atom. The average Bonchev–Trinajstić information content (AvgIpc) is 1.95. The molecule has 54 valence electrons. The van der Waals surface area contributed by atoms with E-state index in [1.165, 1.54) is 4.90 Å². The molecule has 4 heteroatoms. The lowest BCUT2D eigenvalue weighted by Gasteiger charge is -2.17. The lowest BCUT2D eigenvalue weighted by Crippen LogP contribution is -2.28. The lowest BCUT2D eigenvalue weighted by atomic mass is 10.1. The van der Waals surface area contributed by atoms with Gasteiger partial charge in [-0.1, -0.05) is 5.18 Å². The van der Waals surface area contributed by atoms with Crippen molar-refractivity contribution in [1.82, 2.24) is 4.90 Å². The highest BCUT2D eigenvalue weighted by Crippen LogP contribution is 2.08. The van der Waals surface area contributed by atoms with E-state index in [2.05, 4.69) is 5.18 Å². The van der Waals surface area contributed by atoms with E-state index in [4.69, 9.17) is 0 Å². The van der Waals surface area contributed by atoms with Crippen LogP contribution in [0.25, 0.3) is 0 Å². The van der Waals surface area contributed by atoms with Crippen LogP contribution >= 0.6 is 0 Å². The quantitative estimate of drug-likeness (QED) is 0.498. The third kappa shape index (κ3) is 1.21. The summed E-state index contributed by atoms with van der Waals surface area (Å²) in [6.07, 6.45) is 3.39. The highest BCUT2D eigenvalue weighted by atomic mass is 16.3. The minimum atomic E-state index is -0.455. The molecule has 0 saturated carbocycles. The number of amides is 1. The van der Waals surface area contributed by atoms with Gasteiger partial charge in [0.05, 0.1) is 6.42 Å². The van der Waals surface area contributed by atoms with Gasteiger partial charge in [0.25, 0.3) is 0 Å². The van der Waals surface area contributed by atoms with Crippen LogP contribution in [0.15, 0.2) is 17.5 Å². The standard InChI is InChI=1S/C6H8N2O2/c1-8-3-2-5(7-10)4-6(8)9/h2-3,5H,4H2,1H3. The fourth-order valence-corrected chi connectivity index (χ4v) is 0.775. The van der Waals surface area contributed by atoms with Crippen LogP contribution in [-0.2, 0) is 4.79 Å². The van der Waals surface area contributed by atoms with Crippen molar-refractivity contribution in [3.63, 3.8) is 0 Å². The van der Waals surface area contributed by atoms with Crippen LogP contribution in [0.2, 0.25) is 0 Å². The summed E-state index contributed by atoms with van der Waals surface area (Å²) in [5.74, 6) is -0.0629. The fraction of sp³-hybridized carbons (Fsp3) is 0.500. The SMILES string of the molecule is CN1C=CC(N=O)CC1=O. The number of carbonyl (C=O) groups is 1. The maximum atomic E-state index is 10.8. The average molecular weight is 140 g/mol. The van der Waals surface area contributed by atoms with Gasteiger partial charge >= 0.3 is 0 Å². The van der Waals surface area contributed by atoms with Gasteiger partial charge < -0.3 is 4.90 Å². The summed E-state index contributed by atoms with van der Waals surface area (Å²) in [4.78, 5) is 22.2. The van der Waals surface area contributed by atoms with Crippen molar-refractivity contribution in [3.8, 4) is 0 Å². The summed E-state index contributed by atoms with van der Waals surface area (Å²) < 4.78 is 0. The Kier molecular flexibility index (Phi) is 1.80. The van der Waals surface area contributed by atoms with E-state index >= 15 is 0 Å². The Morgan fingerprint density at radius 3 is 3.00 bits per heavy atom. The van der Waals surface area contributed by atoms with Gasteiger partial charge in [-0.15, -0.1) is 0 Å². The summed E-state index contributed by atoms with van der Waals surface area (Å²) in [5, 5.41) is 2.75. The Hall–Kier alpha value is -1.19. The minimum absolute atomic E-state index is 0.0629. The lowest BCUT2D eigenvalue weighted by molar-refractivity contribution is -0.128. The first-order valence-corrected chi connectivity index (χ1v) is 3.00. The second kappa shape index (κ2) is 2.60. The molecule has 10 heavy (non-hydrogen) atoms. The summed E-state index contributed by atoms with van der Waals surface area (Å²) in [5.41, 5.74) is 0. The highest BCUT2D eigenvalue weighted by Gasteiger charge is 2.18. The fourth-order valence-electron chi connectivity index (χ4n) is 0.775. The Bertz CT molecular complexity index is 188. The number of nitrogens with zero attached hydrogens (tertiary/aromatic N) is 2. The van der Waals surface area contributed by atoms with Crippen molar-refractivity contribution in [2.24, 2.45) is 5.18 Å². The predicted molar refractivity (Wildman–Crippen MR) is 36.1 cm³/mol. The molecule has 1 rings (SSSR count). The molecular weight excluding hydrogens is 132 g/mol. The van der Waals surface area contributed by atoms with Gasteiger partial charge in [-0.3, -0.25) is 4.79 Å². The zero-order valence-electron chi connectivity index (χ0n) is 5.65. The summed E-state index contributed by atoms with van der Waals surface area (Å²) >= 11 is 0. The highest BCUT2D eigenvalue weighted by molar-refractivity contribution is 5.78. The topological polar surface area (TPSA) is 49.7 Å². The number of nitroso groups, excluding NO2 is 1. The molecule has 0 aromatic heterocycles. The zero-order chi connectivity index (χ0) is 7.56. The molecule has 0 N–H and O–H groups in total. The van der Waals surface area contributed by atoms with Crippen LogP contribution < -0.4 is 0 Å². The molecule has 0 aromatic carbocycles. The van der Waals surface area contributed by atoms with Crippen LogP contribution in [0.4, 0.5) is 0 Å². The maximum absolute atomic E-state index is 10.8. The van der Waals surface area contributed by atoms with E-state index in [1.807, 2.05) is 0 Å². The molecule has 4 nitrogen and oxygen atoms in total. The molecule has 1 unspecified atom stereocenters. The monoisotopic (exact) mass is 140 g/mol. The van der Waals surface area contributed by atoms with Crippen LogP contribution in [0.3, 0.4) is 0 Å². The summed E-state index contributed by atoms with van der Waals surface area (Å²) in [6, 6.07) is -0.455. The van der Waals surface area contributed by atoms with Crippen molar-refractivity contribution in [1.29, 1.82) is 0 Å². The first-order chi connectivity index (χ1) is 4.74. The van der Waals surface area contributed by atoms with Crippen molar-refractivity contribution in [2.75, 3.05) is 7.05 Å². The Morgan fingerprint density at radius 1 is 1.80 bits per heavy atom. The summed E-state index contributed by atoms with van der Waals surface area (Å²) in [6.45, 7) is 0. The predicted octanol–water partition coefficient (Wildman–Crippen LogP) is 0.497. The van der Waals surface area contributed by atoms with Crippen LogP contribution in [-0.4, -0.2) is 23.9 Å². The zero-order valence-corrected chi connectivity index (χ0v) is 5.65. The molecule has 0 saturated heterocycles. The maximum Gasteiger partial charge on any atom is 0.228 e. The molecule has 0 fully saturated rings. The van der Waals surface area contributed by atoms with Crippen LogP contribution in [0, 0.1) is 4.91 Å². The van der Waals surface area contributed by atoms with E-state index in [0.29, 0.717) is 0 Å². The number of hydrogen-bond donors (Lipinski definition) is 0. The van der Waals surface area contributed by atoms with Crippen LogP contribution in [0.1, 0.15) is 6.42 Å². The molecule has 0 aliphatic carbocycles. The van der Waals surface area contributed by atoms with E-state index in [1.54, 1.807) is 19.3 Å².